The number of rotatable bonds is 7. The Hall–Kier alpha value is -2.87. The third kappa shape index (κ3) is 4.97. The van der Waals surface area contributed by atoms with Crippen molar-refractivity contribution in [3.8, 4) is 11.4 Å². The number of ether oxygens (including phenoxy) is 1. The molecule has 3 aromatic rings. The summed E-state index contributed by atoms with van der Waals surface area (Å²) in [5.41, 5.74) is 0.875. The number of para-hydroxylation sites is 2. The molecule has 5 rings (SSSR count). The maximum atomic E-state index is 14.0. The molecule has 0 radical (unpaired) electrons. The number of halogens is 1. The van der Waals surface area contributed by atoms with E-state index in [1.807, 2.05) is 34.9 Å². The normalized spacial score (nSPS) is 20.1. The fraction of sp³-hybridized carbons (Fsp3) is 0.423. The fourth-order valence-electron chi connectivity index (χ4n) is 5.17. The van der Waals surface area contributed by atoms with Crippen molar-refractivity contribution in [2.75, 3.05) is 12.3 Å². The first-order valence-electron chi connectivity index (χ1n) is 12.0. The van der Waals surface area contributed by atoms with E-state index in [4.69, 9.17) is 4.74 Å². The van der Waals surface area contributed by atoms with Crippen molar-refractivity contribution in [2.45, 2.75) is 56.3 Å². The highest BCUT2D eigenvalue weighted by atomic mass is 32.2. The van der Waals surface area contributed by atoms with E-state index in [2.05, 4.69) is 15.1 Å². The van der Waals surface area contributed by atoms with Gasteiger partial charge < -0.3 is 9.64 Å². The minimum absolute atomic E-state index is 0.0627. The highest BCUT2D eigenvalue weighted by Gasteiger charge is 2.35. The van der Waals surface area contributed by atoms with E-state index in [1.165, 1.54) is 43.5 Å². The lowest BCUT2D eigenvalue weighted by Crippen LogP contribution is -2.50. The Morgan fingerprint density at radius 3 is 2.62 bits per heavy atom. The Morgan fingerprint density at radius 1 is 1.00 bits per heavy atom. The number of piperidine rings is 1. The van der Waals surface area contributed by atoms with Gasteiger partial charge in [0.2, 0.25) is 5.91 Å². The van der Waals surface area contributed by atoms with Crippen LogP contribution in [-0.2, 0) is 11.4 Å². The van der Waals surface area contributed by atoms with E-state index < -0.39 is 5.82 Å². The topological polar surface area (TPSA) is 60.2 Å². The van der Waals surface area contributed by atoms with Gasteiger partial charge in [0.15, 0.2) is 22.5 Å². The summed E-state index contributed by atoms with van der Waals surface area (Å²) in [6, 6.07) is 16.4. The zero-order valence-corrected chi connectivity index (χ0v) is 19.9. The third-order valence-corrected chi connectivity index (χ3v) is 7.71. The quantitative estimate of drug-likeness (QED) is 0.432. The van der Waals surface area contributed by atoms with E-state index in [-0.39, 0.29) is 18.3 Å². The molecular weight excluding hydrogens is 451 g/mol. The molecule has 2 heterocycles. The Balaban J connectivity index is 1.32. The van der Waals surface area contributed by atoms with Gasteiger partial charge in [-0.1, -0.05) is 54.9 Å². The molecule has 1 aliphatic carbocycles. The van der Waals surface area contributed by atoms with Gasteiger partial charge >= 0.3 is 0 Å². The van der Waals surface area contributed by atoms with Gasteiger partial charge in [-0.2, -0.15) is 0 Å². The molecule has 178 valence electrons. The summed E-state index contributed by atoms with van der Waals surface area (Å²) in [4.78, 5) is 15.3. The van der Waals surface area contributed by atoms with E-state index in [0.29, 0.717) is 28.7 Å². The van der Waals surface area contributed by atoms with Crippen LogP contribution in [0.4, 0.5) is 4.39 Å². The van der Waals surface area contributed by atoms with Crippen LogP contribution in [-0.4, -0.2) is 43.9 Å². The average Bonchev–Trinajstić information content (AvgIpc) is 3.29. The number of carbonyl (C=O) groups excluding carboxylic acids is 1. The first kappa shape index (κ1) is 22.9. The van der Waals surface area contributed by atoms with Gasteiger partial charge in [-0.15, -0.1) is 10.2 Å². The first-order valence-corrected chi connectivity index (χ1v) is 13.0. The van der Waals surface area contributed by atoms with Crippen LogP contribution in [0.3, 0.4) is 0 Å². The van der Waals surface area contributed by atoms with Gasteiger partial charge in [-0.05, 0) is 55.9 Å². The highest BCUT2D eigenvalue weighted by molar-refractivity contribution is 7.99. The number of thioether (sulfide) groups is 1. The Labute approximate surface area is 203 Å². The Bertz CT molecular complexity index is 1120. The van der Waals surface area contributed by atoms with Gasteiger partial charge in [0.1, 0.15) is 6.61 Å². The predicted molar refractivity (Wildman–Crippen MR) is 130 cm³/mol. The zero-order chi connectivity index (χ0) is 23.3. The number of hydrogen-bond donors (Lipinski definition) is 0. The first-order chi connectivity index (χ1) is 16.7. The second-order valence-corrected chi connectivity index (χ2v) is 9.86. The third-order valence-electron chi connectivity index (χ3n) is 6.80. The summed E-state index contributed by atoms with van der Waals surface area (Å²) in [5.74, 6) is 1.45. The number of aromatic nitrogens is 3. The molecule has 0 N–H and O–H groups in total. The van der Waals surface area contributed by atoms with Crippen LogP contribution in [0.15, 0.2) is 59.8 Å². The zero-order valence-electron chi connectivity index (χ0n) is 19.1. The Kier molecular flexibility index (Phi) is 7.13. The van der Waals surface area contributed by atoms with Crippen LogP contribution in [0.1, 0.15) is 44.3 Å². The Morgan fingerprint density at radius 2 is 1.76 bits per heavy atom. The largest absolute Gasteiger partial charge is 0.483 e. The van der Waals surface area contributed by atoms with Crippen LogP contribution in [0.25, 0.3) is 5.69 Å². The van der Waals surface area contributed by atoms with Crippen molar-refractivity contribution >= 4 is 17.7 Å². The number of amides is 1. The molecule has 1 amide bonds. The molecule has 2 atom stereocenters. The molecule has 8 heteroatoms. The van der Waals surface area contributed by atoms with Crippen molar-refractivity contribution < 1.29 is 13.9 Å². The van der Waals surface area contributed by atoms with Crippen LogP contribution >= 0.6 is 11.8 Å². The number of likely N-dealkylation sites (tertiary alicyclic amines) is 1. The minimum atomic E-state index is -0.420. The lowest BCUT2D eigenvalue weighted by atomic mass is 9.78. The molecule has 6 nitrogen and oxygen atoms in total. The molecule has 1 aromatic heterocycles. The predicted octanol–water partition coefficient (Wildman–Crippen LogP) is 5.26. The van der Waals surface area contributed by atoms with Crippen LogP contribution in [0, 0.1) is 11.7 Å². The molecule has 1 saturated carbocycles. The standard InChI is InChI=1S/C26H29FN4O2S/c27-21-13-5-7-15-23(21)33-17-24-28-29-26(31(24)20-11-2-1-3-12-20)34-18-25(32)30-16-8-10-19-9-4-6-14-22(19)30/h1-3,5,7,11-13,15,19,22H,4,6,8-10,14,16-18H2/t19-,22-/m1/s1. The van der Waals surface area contributed by atoms with Crippen molar-refractivity contribution in [2.24, 2.45) is 5.92 Å². The molecule has 2 fully saturated rings. The van der Waals surface area contributed by atoms with Crippen LogP contribution in [0.2, 0.25) is 0 Å². The van der Waals surface area contributed by atoms with Crippen LogP contribution < -0.4 is 4.74 Å². The number of benzene rings is 2. The van der Waals surface area contributed by atoms with Gasteiger partial charge in [0.05, 0.1) is 5.75 Å². The van der Waals surface area contributed by atoms with Crippen LogP contribution in [0.5, 0.6) is 5.75 Å². The van der Waals surface area contributed by atoms with Gasteiger partial charge in [0, 0.05) is 18.3 Å². The van der Waals surface area contributed by atoms with E-state index >= 15 is 0 Å². The number of hydrogen-bond acceptors (Lipinski definition) is 5. The molecule has 2 aliphatic rings. The summed E-state index contributed by atoms with van der Waals surface area (Å²) >= 11 is 1.40. The number of carbonyl (C=O) groups is 1. The van der Waals surface area contributed by atoms with Gasteiger partial charge in [-0.25, -0.2) is 4.39 Å². The highest BCUT2D eigenvalue weighted by Crippen LogP contribution is 2.36. The minimum Gasteiger partial charge on any atom is -0.483 e. The van der Waals surface area contributed by atoms with Crippen molar-refractivity contribution in [1.82, 2.24) is 19.7 Å². The number of fused-ring (bicyclic) bond motifs is 1. The molecule has 2 aromatic carbocycles. The van der Waals surface area contributed by atoms with Crippen molar-refractivity contribution in [3.05, 3.63) is 66.2 Å². The SMILES string of the molecule is O=C(CSc1nnc(COc2ccccc2F)n1-c1ccccc1)N1CCC[C@H]2CCCC[C@H]21. The lowest BCUT2D eigenvalue weighted by molar-refractivity contribution is -0.134. The van der Waals surface area contributed by atoms with E-state index in [0.717, 1.165) is 25.1 Å². The summed E-state index contributed by atoms with van der Waals surface area (Å²) in [7, 11) is 0. The maximum absolute atomic E-state index is 14.0. The number of nitrogens with zero attached hydrogens (tertiary/aromatic N) is 4. The fourth-order valence-corrected chi connectivity index (χ4v) is 6.03. The summed E-state index contributed by atoms with van der Waals surface area (Å²) in [6.45, 7) is 0.918. The van der Waals surface area contributed by atoms with Crippen molar-refractivity contribution in [3.63, 3.8) is 0 Å². The second kappa shape index (κ2) is 10.6. The molecule has 0 bridgehead atoms. The van der Waals surface area contributed by atoms with Gasteiger partial charge in [-0.3, -0.25) is 9.36 Å². The summed E-state index contributed by atoms with van der Waals surface area (Å²) in [5, 5.41) is 9.30. The molecule has 1 saturated heterocycles. The van der Waals surface area contributed by atoms with Gasteiger partial charge in [0.25, 0.3) is 0 Å². The van der Waals surface area contributed by atoms with E-state index in [9.17, 15) is 9.18 Å². The second-order valence-electron chi connectivity index (χ2n) is 8.92. The molecule has 0 spiro atoms. The summed E-state index contributed by atoms with van der Waals surface area (Å²) in [6.07, 6.45) is 7.21. The molecule has 1 aliphatic heterocycles. The molecule has 34 heavy (non-hydrogen) atoms. The average molecular weight is 481 g/mol. The smallest absolute Gasteiger partial charge is 0.233 e. The molecule has 0 unspecified atom stereocenters. The molecular formula is C26H29FN4O2S. The monoisotopic (exact) mass is 480 g/mol. The van der Waals surface area contributed by atoms with Crippen molar-refractivity contribution in [1.29, 1.82) is 0 Å². The maximum Gasteiger partial charge on any atom is 0.233 e. The van der Waals surface area contributed by atoms with E-state index in [1.54, 1.807) is 18.2 Å². The lowest BCUT2D eigenvalue weighted by Gasteiger charge is -2.44. The summed E-state index contributed by atoms with van der Waals surface area (Å²) < 4.78 is 21.6.